The van der Waals surface area contributed by atoms with Crippen molar-refractivity contribution < 1.29 is 23.7 Å². The van der Waals surface area contributed by atoms with E-state index in [1.54, 1.807) is 7.11 Å². The topological polar surface area (TPSA) is 57.2 Å². The molecule has 3 rings (SSSR count). The summed E-state index contributed by atoms with van der Waals surface area (Å²) in [5, 5.41) is 0. The molecule has 1 unspecified atom stereocenters. The van der Waals surface area contributed by atoms with Crippen molar-refractivity contribution in [1.29, 1.82) is 0 Å². The van der Waals surface area contributed by atoms with Crippen LogP contribution in [-0.2, 0) is 20.9 Å². The molecule has 0 saturated carbocycles. The Hall–Kier alpha value is -2.57. The standard InChI is InChI=1S/C25H33NO5/c1-25(2,3)31-24(27)13-14-26-15-16-29-23(17-26)19-9-11-21(12-10-19)30-18-20-7-5-6-8-22(20)28-4/h5-12,23H,13-18H2,1-4H3. The fourth-order valence-corrected chi connectivity index (χ4v) is 3.51. The lowest BCUT2D eigenvalue weighted by Gasteiger charge is -2.33. The van der Waals surface area contributed by atoms with E-state index in [2.05, 4.69) is 4.90 Å². The largest absolute Gasteiger partial charge is 0.496 e. The Balaban J connectivity index is 1.50. The summed E-state index contributed by atoms with van der Waals surface area (Å²) in [7, 11) is 1.66. The Kier molecular flexibility index (Phi) is 7.93. The average Bonchev–Trinajstić information content (AvgIpc) is 2.76. The van der Waals surface area contributed by atoms with Crippen LogP contribution in [-0.4, -0.2) is 49.8 Å². The van der Waals surface area contributed by atoms with Gasteiger partial charge in [-0.15, -0.1) is 0 Å². The number of rotatable bonds is 8. The van der Waals surface area contributed by atoms with Gasteiger partial charge in [-0.05, 0) is 44.5 Å². The molecule has 31 heavy (non-hydrogen) atoms. The lowest BCUT2D eigenvalue weighted by Crippen LogP contribution is -2.39. The Labute approximate surface area is 185 Å². The van der Waals surface area contributed by atoms with E-state index in [1.807, 2.05) is 69.3 Å². The molecule has 1 aliphatic heterocycles. The van der Waals surface area contributed by atoms with Crippen molar-refractivity contribution in [2.24, 2.45) is 0 Å². The van der Waals surface area contributed by atoms with E-state index in [1.165, 1.54) is 0 Å². The monoisotopic (exact) mass is 427 g/mol. The number of carbonyl (C=O) groups excluding carboxylic acids is 1. The van der Waals surface area contributed by atoms with E-state index in [0.29, 0.717) is 26.2 Å². The van der Waals surface area contributed by atoms with Crippen molar-refractivity contribution in [2.75, 3.05) is 33.4 Å². The van der Waals surface area contributed by atoms with Gasteiger partial charge in [0.2, 0.25) is 0 Å². The van der Waals surface area contributed by atoms with E-state index >= 15 is 0 Å². The molecule has 0 N–H and O–H groups in total. The molecule has 6 heteroatoms. The number of ether oxygens (including phenoxy) is 4. The van der Waals surface area contributed by atoms with Crippen LogP contribution in [0.3, 0.4) is 0 Å². The Morgan fingerprint density at radius 1 is 1.13 bits per heavy atom. The van der Waals surface area contributed by atoms with Crippen LogP contribution in [0.15, 0.2) is 48.5 Å². The second kappa shape index (κ2) is 10.6. The Morgan fingerprint density at radius 2 is 1.87 bits per heavy atom. The van der Waals surface area contributed by atoms with Gasteiger partial charge in [0.1, 0.15) is 23.7 Å². The second-order valence-electron chi connectivity index (χ2n) is 8.67. The molecule has 0 aliphatic carbocycles. The van der Waals surface area contributed by atoms with Crippen molar-refractivity contribution in [3.8, 4) is 11.5 Å². The molecule has 0 bridgehead atoms. The minimum atomic E-state index is -0.444. The van der Waals surface area contributed by atoms with Crippen LogP contribution in [0.5, 0.6) is 11.5 Å². The molecule has 1 atom stereocenters. The van der Waals surface area contributed by atoms with Gasteiger partial charge in [0.05, 0.1) is 26.2 Å². The zero-order chi connectivity index (χ0) is 22.3. The van der Waals surface area contributed by atoms with E-state index in [0.717, 1.165) is 35.7 Å². The molecule has 1 aliphatic rings. The van der Waals surface area contributed by atoms with Gasteiger partial charge >= 0.3 is 5.97 Å². The second-order valence-corrected chi connectivity index (χ2v) is 8.67. The summed E-state index contributed by atoms with van der Waals surface area (Å²) in [5.74, 6) is 1.46. The third-order valence-electron chi connectivity index (χ3n) is 5.04. The van der Waals surface area contributed by atoms with Crippen LogP contribution in [0, 0.1) is 0 Å². The van der Waals surface area contributed by atoms with E-state index in [-0.39, 0.29) is 12.1 Å². The molecular formula is C25H33NO5. The summed E-state index contributed by atoms with van der Waals surface area (Å²) in [6.45, 7) is 9.00. The van der Waals surface area contributed by atoms with Crippen molar-refractivity contribution in [2.45, 2.75) is 45.5 Å². The maximum atomic E-state index is 12.0. The highest BCUT2D eigenvalue weighted by Crippen LogP contribution is 2.26. The predicted molar refractivity (Wildman–Crippen MR) is 119 cm³/mol. The Bertz CT molecular complexity index is 844. The molecule has 0 aromatic heterocycles. The first-order chi connectivity index (χ1) is 14.8. The van der Waals surface area contributed by atoms with Gasteiger partial charge < -0.3 is 18.9 Å². The first-order valence-corrected chi connectivity index (χ1v) is 10.7. The zero-order valence-electron chi connectivity index (χ0n) is 18.9. The number of esters is 1. The van der Waals surface area contributed by atoms with Gasteiger partial charge in [0, 0.05) is 25.2 Å². The summed E-state index contributed by atoms with van der Waals surface area (Å²) < 4.78 is 22.7. The number of methoxy groups -OCH3 is 1. The van der Waals surface area contributed by atoms with Crippen LogP contribution in [0.4, 0.5) is 0 Å². The molecule has 2 aromatic rings. The van der Waals surface area contributed by atoms with Crippen molar-refractivity contribution in [1.82, 2.24) is 4.90 Å². The number of morpholine rings is 1. The van der Waals surface area contributed by atoms with E-state index in [9.17, 15) is 4.79 Å². The highest BCUT2D eigenvalue weighted by Gasteiger charge is 2.23. The minimum absolute atomic E-state index is 0.0179. The van der Waals surface area contributed by atoms with Crippen molar-refractivity contribution >= 4 is 5.97 Å². The van der Waals surface area contributed by atoms with Crippen LogP contribution in [0.1, 0.15) is 44.4 Å². The van der Waals surface area contributed by atoms with E-state index < -0.39 is 5.60 Å². The molecule has 6 nitrogen and oxygen atoms in total. The number of nitrogens with zero attached hydrogens (tertiary/aromatic N) is 1. The summed E-state index contributed by atoms with van der Waals surface area (Å²) in [6.07, 6.45) is 0.371. The van der Waals surface area contributed by atoms with Crippen LogP contribution in [0.25, 0.3) is 0 Å². The normalized spacial score (nSPS) is 17.2. The summed E-state index contributed by atoms with van der Waals surface area (Å²) in [5.41, 5.74) is 1.66. The molecule has 168 valence electrons. The van der Waals surface area contributed by atoms with Crippen LogP contribution in [0.2, 0.25) is 0 Å². The van der Waals surface area contributed by atoms with Crippen LogP contribution >= 0.6 is 0 Å². The SMILES string of the molecule is COc1ccccc1COc1ccc(C2CN(CCC(=O)OC(C)(C)C)CCO2)cc1. The maximum Gasteiger partial charge on any atom is 0.307 e. The Morgan fingerprint density at radius 3 is 2.58 bits per heavy atom. The minimum Gasteiger partial charge on any atom is -0.496 e. The summed E-state index contributed by atoms with van der Waals surface area (Å²) in [4.78, 5) is 14.2. The molecule has 2 aromatic carbocycles. The van der Waals surface area contributed by atoms with Crippen LogP contribution < -0.4 is 9.47 Å². The lowest BCUT2D eigenvalue weighted by atomic mass is 10.1. The number of hydrogen-bond donors (Lipinski definition) is 0. The predicted octanol–water partition coefficient (Wildman–Crippen LogP) is 4.38. The quantitative estimate of drug-likeness (QED) is 0.583. The first-order valence-electron chi connectivity index (χ1n) is 10.7. The molecule has 1 saturated heterocycles. The number of benzene rings is 2. The van der Waals surface area contributed by atoms with Crippen molar-refractivity contribution in [3.63, 3.8) is 0 Å². The molecule has 0 spiro atoms. The van der Waals surface area contributed by atoms with Gasteiger partial charge in [-0.3, -0.25) is 9.69 Å². The third kappa shape index (κ3) is 7.26. The fraction of sp³-hybridized carbons (Fsp3) is 0.480. The third-order valence-corrected chi connectivity index (χ3v) is 5.04. The molecule has 1 fully saturated rings. The van der Waals surface area contributed by atoms with E-state index in [4.69, 9.17) is 18.9 Å². The number of carbonyl (C=O) groups is 1. The smallest absolute Gasteiger partial charge is 0.307 e. The van der Waals surface area contributed by atoms with Gasteiger partial charge in [0.25, 0.3) is 0 Å². The van der Waals surface area contributed by atoms with Gasteiger partial charge in [-0.2, -0.15) is 0 Å². The molecule has 0 radical (unpaired) electrons. The van der Waals surface area contributed by atoms with Gasteiger partial charge in [-0.1, -0.05) is 30.3 Å². The zero-order valence-corrected chi connectivity index (χ0v) is 18.9. The lowest BCUT2D eigenvalue weighted by molar-refractivity contribution is -0.155. The van der Waals surface area contributed by atoms with Gasteiger partial charge in [0.15, 0.2) is 0 Å². The molecule has 1 heterocycles. The van der Waals surface area contributed by atoms with Crippen molar-refractivity contribution in [3.05, 3.63) is 59.7 Å². The first kappa shape index (κ1) is 23.1. The summed E-state index contributed by atoms with van der Waals surface area (Å²) in [6, 6.07) is 15.9. The highest BCUT2D eigenvalue weighted by atomic mass is 16.6. The average molecular weight is 428 g/mol. The number of hydrogen-bond acceptors (Lipinski definition) is 6. The molecular weight excluding hydrogens is 394 g/mol. The number of para-hydroxylation sites is 1. The molecule has 0 amide bonds. The maximum absolute atomic E-state index is 12.0. The summed E-state index contributed by atoms with van der Waals surface area (Å²) >= 11 is 0. The van der Waals surface area contributed by atoms with Gasteiger partial charge in [-0.25, -0.2) is 0 Å². The fourth-order valence-electron chi connectivity index (χ4n) is 3.51. The highest BCUT2D eigenvalue weighted by molar-refractivity contribution is 5.70.